The van der Waals surface area contributed by atoms with Crippen LogP contribution in [0, 0.1) is 13.8 Å². The summed E-state index contributed by atoms with van der Waals surface area (Å²) in [6.07, 6.45) is 5.71. The molecule has 3 aromatic rings. The van der Waals surface area contributed by atoms with Gasteiger partial charge < -0.3 is 9.47 Å². The lowest BCUT2D eigenvalue weighted by atomic mass is 9.86. The molecular formula is C22H25N3. The van der Waals surface area contributed by atoms with Crippen molar-refractivity contribution >= 4 is 16.6 Å². The summed E-state index contributed by atoms with van der Waals surface area (Å²) in [7, 11) is 0. The van der Waals surface area contributed by atoms with Gasteiger partial charge in [0.05, 0.1) is 11.2 Å². The van der Waals surface area contributed by atoms with Crippen LogP contribution in [0.3, 0.4) is 0 Å². The molecular weight excluding hydrogens is 306 g/mol. The maximum absolute atomic E-state index is 4.46. The van der Waals surface area contributed by atoms with Crippen LogP contribution in [0.15, 0.2) is 36.5 Å². The third-order valence-electron chi connectivity index (χ3n) is 6.03. The second-order valence-corrected chi connectivity index (χ2v) is 7.73. The molecule has 0 amide bonds. The minimum absolute atomic E-state index is 0.740. The molecule has 2 aromatic heterocycles. The minimum atomic E-state index is 0.740. The van der Waals surface area contributed by atoms with E-state index in [0.29, 0.717) is 0 Å². The standard InChI is InChI=1S/C22H25N3/c1-15-3-6-20-19(13-15)22-21(18-8-10-24(22)11-9-18)25(20)12-7-17-5-4-16(2)23-14-17/h3-6,13-14,18H,7-12H2,1-2H3. The Morgan fingerprint density at radius 1 is 1.08 bits per heavy atom. The molecule has 25 heavy (non-hydrogen) atoms. The van der Waals surface area contributed by atoms with E-state index in [1.165, 1.54) is 53.6 Å². The number of fused-ring (bicyclic) bond motifs is 3. The lowest BCUT2D eigenvalue weighted by Crippen LogP contribution is -2.39. The molecule has 0 aliphatic carbocycles. The van der Waals surface area contributed by atoms with E-state index in [9.17, 15) is 0 Å². The molecule has 2 bridgehead atoms. The van der Waals surface area contributed by atoms with Crippen LogP contribution in [0.2, 0.25) is 0 Å². The number of anilines is 1. The van der Waals surface area contributed by atoms with Crippen molar-refractivity contribution in [1.29, 1.82) is 0 Å². The fourth-order valence-corrected chi connectivity index (χ4v) is 4.72. The highest BCUT2D eigenvalue weighted by atomic mass is 15.2. The molecule has 3 nitrogen and oxygen atoms in total. The van der Waals surface area contributed by atoms with Crippen LogP contribution in [0.4, 0.5) is 5.69 Å². The van der Waals surface area contributed by atoms with Gasteiger partial charge in [0.1, 0.15) is 0 Å². The summed E-state index contributed by atoms with van der Waals surface area (Å²) in [6, 6.07) is 11.3. The number of nitrogens with zero attached hydrogens (tertiary/aromatic N) is 3. The van der Waals surface area contributed by atoms with Gasteiger partial charge in [0.15, 0.2) is 0 Å². The summed E-state index contributed by atoms with van der Waals surface area (Å²) in [6.45, 7) is 7.76. The van der Waals surface area contributed by atoms with E-state index in [-0.39, 0.29) is 0 Å². The number of rotatable bonds is 3. The van der Waals surface area contributed by atoms with E-state index < -0.39 is 0 Å². The Hall–Kier alpha value is -2.29. The Labute approximate surface area is 149 Å². The van der Waals surface area contributed by atoms with Gasteiger partial charge in [-0.3, -0.25) is 4.98 Å². The predicted molar refractivity (Wildman–Crippen MR) is 104 cm³/mol. The lowest BCUT2D eigenvalue weighted by molar-refractivity contribution is 0.448. The smallest absolute Gasteiger partial charge is 0.0662 e. The van der Waals surface area contributed by atoms with Gasteiger partial charge in [-0.05, 0) is 56.9 Å². The normalized spacial score (nSPS) is 16.6. The molecule has 0 N–H and O–H groups in total. The monoisotopic (exact) mass is 331 g/mol. The first-order valence-corrected chi connectivity index (χ1v) is 9.50. The molecule has 1 fully saturated rings. The van der Waals surface area contributed by atoms with E-state index in [0.717, 1.165) is 24.6 Å². The van der Waals surface area contributed by atoms with Gasteiger partial charge in [0, 0.05) is 48.5 Å². The van der Waals surface area contributed by atoms with Crippen LogP contribution in [-0.4, -0.2) is 22.6 Å². The second-order valence-electron chi connectivity index (χ2n) is 7.73. The molecule has 1 aromatic carbocycles. The van der Waals surface area contributed by atoms with Crippen LogP contribution in [0.5, 0.6) is 0 Å². The lowest BCUT2D eigenvalue weighted by Gasteiger charge is -2.41. The number of benzene rings is 1. The SMILES string of the molecule is Cc1ccc2c(c1)c1c(n2CCc2ccc(C)nc2)C2CCN1CC2. The molecule has 1 saturated heterocycles. The summed E-state index contributed by atoms with van der Waals surface area (Å²) in [5.41, 5.74) is 8.32. The van der Waals surface area contributed by atoms with Crippen molar-refractivity contribution in [3.05, 3.63) is 59.0 Å². The zero-order valence-corrected chi connectivity index (χ0v) is 15.1. The van der Waals surface area contributed by atoms with Gasteiger partial charge in [-0.1, -0.05) is 17.7 Å². The number of aromatic nitrogens is 2. The molecule has 3 aliphatic heterocycles. The number of hydrogen-bond donors (Lipinski definition) is 0. The maximum atomic E-state index is 4.46. The van der Waals surface area contributed by atoms with Gasteiger partial charge in [-0.25, -0.2) is 0 Å². The molecule has 3 aliphatic rings. The van der Waals surface area contributed by atoms with Crippen molar-refractivity contribution < 1.29 is 0 Å². The first-order valence-electron chi connectivity index (χ1n) is 9.50. The van der Waals surface area contributed by atoms with Crippen LogP contribution >= 0.6 is 0 Å². The first-order chi connectivity index (χ1) is 12.2. The number of piperidine rings is 1. The van der Waals surface area contributed by atoms with Crippen LogP contribution in [0.1, 0.15) is 41.3 Å². The molecule has 0 radical (unpaired) electrons. The molecule has 0 unspecified atom stereocenters. The topological polar surface area (TPSA) is 21.1 Å². The molecule has 5 heterocycles. The van der Waals surface area contributed by atoms with E-state index >= 15 is 0 Å². The van der Waals surface area contributed by atoms with E-state index in [2.05, 4.69) is 51.7 Å². The summed E-state index contributed by atoms with van der Waals surface area (Å²) < 4.78 is 2.61. The Balaban J connectivity index is 1.60. The minimum Gasteiger partial charge on any atom is -0.370 e. The summed E-state index contributed by atoms with van der Waals surface area (Å²) >= 11 is 0. The van der Waals surface area contributed by atoms with Gasteiger partial charge in [-0.2, -0.15) is 0 Å². The van der Waals surface area contributed by atoms with Crippen molar-refractivity contribution in [3.8, 4) is 0 Å². The van der Waals surface area contributed by atoms with Gasteiger partial charge in [-0.15, -0.1) is 0 Å². The first kappa shape index (κ1) is 15.0. The van der Waals surface area contributed by atoms with Crippen molar-refractivity contribution in [2.24, 2.45) is 0 Å². The highest BCUT2D eigenvalue weighted by molar-refractivity contribution is 5.97. The van der Waals surface area contributed by atoms with Crippen LogP contribution in [0.25, 0.3) is 10.9 Å². The fourth-order valence-electron chi connectivity index (χ4n) is 4.72. The van der Waals surface area contributed by atoms with Crippen molar-refractivity contribution in [2.45, 2.75) is 45.6 Å². The van der Waals surface area contributed by atoms with E-state index in [1.807, 2.05) is 13.1 Å². The quantitative estimate of drug-likeness (QED) is 0.700. The average molecular weight is 331 g/mol. The van der Waals surface area contributed by atoms with Gasteiger partial charge in [0.25, 0.3) is 0 Å². The number of aryl methyl sites for hydroxylation is 4. The largest absolute Gasteiger partial charge is 0.370 e. The van der Waals surface area contributed by atoms with Gasteiger partial charge in [0.2, 0.25) is 0 Å². The zero-order chi connectivity index (χ0) is 17.0. The highest BCUT2D eigenvalue weighted by Gasteiger charge is 2.35. The molecule has 3 heteroatoms. The third-order valence-corrected chi connectivity index (χ3v) is 6.03. The fraction of sp³-hybridized carbons (Fsp3) is 0.409. The van der Waals surface area contributed by atoms with E-state index in [4.69, 9.17) is 0 Å². The number of pyridine rings is 1. The average Bonchev–Trinajstić information content (AvgIpc) is 2.98. The Bertz CT molecular complexity index is 928. The van der Waals surface area contributed by atoms with Crippen molar-refractivity contribution in [1.82, 2.24) is 9.55 Å². The summed E-state index contributed by atoms with van der Waals surface area (Å²) in [5, 5.41) is 1.46. The second kappa shape index (κ2) is 5.62. The zero-order valence-electron chi connectivity index (χ0n) is 15.1. The molecule has 0 atom stereocenters. The van der Waals surface area contributed by atoms with Gasteiger partial charge >= 0.3 is 0 Å². The summed E-state index contributed by atoms with van der Waals surface area (Å²) in [5.74, 6) is 0.740. The Morgan fingerprint density at radius 2 is 1.92 bits per heavy atom. The predicted octanol–water partition coefficient (Wildman–Crippen LogP) is 4.59. The molecule has 128 valence electrons. The van der Waals surface area contributed by atoms with Crippen molar-refractivity contribution in [2.75, 3.05) is 18.0 Å². The van der Waals surface area contributed by atoms with Crippen LogP contribution in [-0.2, 0) is 13.0 Å². The number of hydrogen-bond acceptors (Lipinski definition) is 2. The van der Waals surface area contributed by atoms with Crippen LogP contribution < -0.4 is 4.90 Å². The molecule has 0 saturated carbocycles. The molecule has 0 spiro atoms. The maximum Gasteiger partial charge on any atom is 0.0662 e. The summed E-state index contributed by atoms with van der Waals surface area (Å²) in [4.78, 5) is 7.09. The molecule has 6 rings (SSSR count). The van der Waals surface area contributed by atoms with Crippen molar-refractivity contribution in [3.63, 3.8) is 0 Å². The highest BCUT2D eigenvalue weighted by Crippen LogP contribution is 2.48. The Morgan fingerprint density at radius 3 is 2.68 bits per heavy atom. The van der Waals surface area contributed by atoms with E-state index in [1.54, 1.807) is 5.69 Å². The Kier molecular flexibility index (Phi) is 3.37. The third kappa shape index (κ3) is 2.37.